The maximum absolute atomic E-state index is 5.16. The third-order valence-corrected chi connectivity index (χ3v) is 2.25. The molecule has 0 aromatic rings. The molecule has 0 radical (unpaired) electrons. The molecule has 0 aromatic heterocycles. The Balaban J connectivity index is 2.46. The molecule has 1 fully saturated rings. The quantitative estimate of drug-likeness (QED) is 0.364. The lowest BCUT2D eigenvalue weighted by molar-refractivity contribution is 0.541. The van der Waals surface area contributed by atoms with E-state index >= 15 is 0 Å². The van der Waals surface area contributed by atoms with Crippen molar-refractivity contribution in [3.05, 3.63) is 0 Å². The van der Waals surface area contributed by atoms with Gasteiger partial charge in [-0.15, -0.1) is 5.10 Å². The molecule has 0 saturated heterocycles. The van der Waals surface area contributed by atoms with Gasteiger partial charge in [-0.3, -0.25) is 0 Å². The smallest absolute Gasteiger partial charge is 0.211 e. The highest BCUT2D eigenvalue weighted by molar-refractivity contribution is 5.87. The molecule has 1 aliphatic rings. The van der Waals surface area contributed by atoms with Gasteiger partial charge >= 0.3 is 0 Å². The van der Waals surface area contributed by atoms with Crippen molar-refractivity contribution in [2.75, 3.05) is 0 Å². The molecule has 4 N–H and O–H groups in total. The summed E-state index contributed by atoms with van der Waals surface area (Å²) in [6.45, 7) is 2.20. The minimum absolute atomic E-state index is 0.0439. The molecule has 12 heavy (non-hydrogen) atoms. The average molecular weight is 168 g/mol. The van der Waals surface area contributed by atoms with E-state index in [1.807, 2.05) is 0 Å². The lowest BCUT2D eigenvalue weighted by Crippen LogP contribution is -2.22. The molecule has 1 rings (SSSR count). The van der Waals surface area contributed by atoms with Crippen LogP contribution in [0.4, 0.5) is 0 Å². The fourth-order valence-electron chi connectivity index (χ4n) is 1.48. The van der Waals surface area contributed by atoms with Crippen molar-refractivity contribution < 1.29 is 0 Å². The van der Waals surface area contributed by atoms with E-state index in [4.69, 9.17) is 11.5 Å². The molecule has 1 aliphatic carbocycles. The van der Waals surface area contributed by atoms with Gasteiger partial charge in [0.15, 0.2) is 0 Å². The Hall–Kier alpha value is -1.06. The number of rotatable bonds is 2. The first-order valence-corrected chi connectivity index (χ1v) is 4.36. The third kappa shape index (κ3) is 2.53. The van der Waals surface area contributed by atoms with Gasteiger partial charge in [0, 0.05) is 5.71 Å². The zero-order valence-electron chi connectivity index (χ0n) is 7.45. The second-order valence-electron chi connectivity index (χ2n) is 3.21. The van der Waals surface area contributed by atoms with E-state index in [1.54, 1.807) is 0 Å². The highest BCUT2D eigenvalue weighted by Crippen LogP contribution is 2.25. The first-order valence-electron chi connectivity index (χ1n) is 4.36. The number of hydrogen-bond acceptors (Lipinski definition) is 2. The molecule has 0 aliphatic heterocycles. The van der Waals surface area contributed by atoms with Crippen LogP contribution < -0.4 is 11.5 Å². The molecule has 1 atom stereocenters. The summed E-state index contributed by atoms with van der Waals surface area (Å²) in [5.41, 5.74) is 11.5. The van der Waals surface area contributed by atoms with Gasteiger partial charge in [0.25, 0.3) is 0 Å². The van der Waals surface area contributed by atoms with Crippen molar-refractivity contribution in [2.45, 2.75) is 32.6 Å². The Kier molecular flexibility index (Phi) is 3.08. The predicted octanol–water partition coefficient (Wildman–Crippen LogP) is 0.826. The number of nitrogens with two attached hydrogens (primary N) is 2. The van der Waals surface area contributed by atoms with E-state index in [2.05, 4.69) is 17.1 Å². The van der Waals surface area contributed by atoms with Gasteiger partial charge in [0.2, 0.25) is 5.96 Å². The first kappa shape index (κ1) is 9.03. The lowest BCUT2D eigenvalue weighted by Gasteiger charge is -1.99. The molecule has 0 amide bonds. The molecular formula is C8H16N4. The summed E-state index contributed by atoms with van der Waals surface area (Å²) < 4.78 is 0. The first-order chi connectivity index (χ1) is 5.72. The molecule has 1 unspecified atom stereocenters. The monoisotopic (exact) mass is 168 g/mol. The maximum Gasteiger partial charge on any atom is 0.211 e. The number of guanidine groups is 1. The SMILES string of the molecule is CCC1CC/C(=N/N=C(N)N)C1. The van der Waals surface area contributed by atoms with Crippen molar-refractivity contribution in [1.82, 2.24) is 0 Å². The Morgan fingerprint density at radius 3 is 2.83 bits per heavy atom. The standard InChI is InChI=1S/C8H16N4/c1-2-6-3-4-7(5-6)11-12-8(9)10/h6H,2-5H2,1H3,(H4,9,10,12)/b11-7-. The zero-order chi connectivity index (χ0) is 8.97. The molecule has 68 valence electrons. The van der Waals surface area contributed by atoms with Crippen molar-refractivity contribution in [3.8, 4) is 0 Å². The van der Waals surface area contributed by atoms with E-state index in [9.17, 15) is 0 Å². The largest absolute Gasteiger partial charge is 0.369 e. The van der Waals surface area contributed by atoms with Crippen molar-refractivity contribution in [1.29, 1.82) is 0 Å². The van der Waals surface area contributed by atoms with Crippen LogP contribution in [0.3, 0.4) is 0 Å². The van der Waals surface area contributed by atoms with Crippen LogP contribution in [0.1, 0.15) is 32.6 Å². The van der Waals surface area contributed by atoms with Gasteiger partial charge < -0.3 is 11.5 Å². The summed E-state index contributed by atoms with van der Waals surface area (Å²) in [6.07, 6.45) is 4.57. The predicted molar refractivity (Wildman–Crippen MR) is 50.9 cm³/mol. The van der Waals surface area contributed by atoms with Crippen LogP contribution in [0.5, 0.6) is 0 Å². The Morgan fingerprint density at radius 2 is 2.33 bits per heavy atom. The van der Waals surface area contributed by atoms with Gasteiger partial charge in [-0.1, -0.05) is 13.3 Å². The third-order valence-electron chi connectivity index (χ3n) is 2.25. The van der Waals surface area contributed by atoms with Gasteiger partial charge in [-0.05, 0) is 25.2 Å². The fourth-order valence-corrected chi connectivity index (χ4v) is 1.48. The van der Waals surface area contributed by atoms with Gasteiger partial charge in [-0.2, -0.15) is 5.10 Å². The Morgan fingerprint density at radius 1 is 1.58 bits per heavy atom. The van der Waals surface area contributed by atoms with Crippen molar-refractivity contribution in [3.63, 3.8) is 0 Å². The molecule has 4 heteroatoms. The van der Waals surface area contributed by atoms with E-state index in [1.165, 1.54) is 12.8 Å². The van der Waals surface area contributed by atoms with Crippen LogP contribution in [-0.4, -0.2) is 11.7 Å². The Bertz CT molecular complexity index is 203. The van der Waals surface area contributed by atoms with E-state index in [0.717, 1.165) is 24.5 Å². The van der Waals surface area contributed by atoms with Crippen LogP contribution >= 0.6 is 0 Å². The summed E-state index contributed by atoms with van der Waals surface area (Å²) in [4.78, 5) is 0. The molecule has 0 bridgehead atoms. The zero-order valence-corrected chi connectivity index (χ0v) is 7.45. The van der Waals surface area contributed by atoms with Crippen molar-refractivity contribution in [2.24, 2.45) is 27.6 Å². The molecule has 1 saturated carbocycles. The number of nitrogens with zero attached hydrogens (tertiary/aromatic N) is 2. The maximum atomic E-state index is 5.16. The van der Waals surface area contributed by atoms with Crippen molar-refractivity contribution >= 4 is 11.7 Å². The molecule has 0 heterocycles. The average Bonchev–Trinajstić information content (AvgIpc) is 2.48. The topological polar surface area (TPSA) is 76.8 Å². The van der Waals surface area contributed by atoms with Gasteiger partial charge in [0.05, 0.1) is 0 Å². The highest BCUT2D eigenvalue weighted by Gasteiger charge is 2.18. The lowest BCUT2D eigenvalue weighted by atomic mass is 10.1. The summed E-state index contributed by atoms with van der Waals surface area (Å²) in [5.74, 6) is 0.834. The van der Waals surface area contributed by atoms with Crippen LogP contribution in [0.15, 0.2) is 10.2 Å². The minimum Gasteiger partial charge on any atom is -0.369 e. The van der Waals surface area contributed by atoms with Crippen LogP contribution in [0, 0.1) is 5.92 Å². The van der Waals surface area contributed by atoms with E-state index in [-0.39, 0.29) is 5.96 Å². The fraction of sp³-hybridized carbons (Fsp3) is 0.750. The van der Waals surface area contributed by atoms with Gasteiger partial charge in [0.1, 0.15) is 0 Å². The van der Waals surface area contributed by atoms with Gasteiger partial charge in [-0.25, -0.2) is 0 Å². The minimum atomic E-state index is 0.0439. The molecule has 4 nitrogen and oxygen atoms in total. The molecule has 0 spiro atoms. The van der Waals surface area contributed by atoms with Crippen LogP contribution in [0.2, 0.25) is 0 Å². The van der Waals surface area contributed by atoms with E-state index < -0.39 is 0 Å². The summed E-state index contributed by atoms with van der Waals surface area (Å²) in [6, 6.07) is 0. The Labute approximate surface area is 72.7 Å². The second kappa shape index (κ2) is 4.09. The van der Waals surface area contributed by atoms with Crippen LogP contribution in [-0.2, 0) is 0 Å². The molecular weight excluding hydrogens is 152 g/mol. The highest BCUT2D eigenvalue weighted by atomic mass is 15.3. The summed E-state index contributed by atoms with van der Waals surface area (Å²) >= 11 is 0. The van der Waals surface area contributed by atoms with Crippen LogP contribution in [0.25, 0.3) is 0 Å². The van der Waals surface area contributed by atoms with E-state index in [0.29, 0.717) is 0 Å². The summed E-state index contributed by atoms with van der Waals surface area (Å²) in [5, 5.41) is 7.61. The summed E-state index contributed by atoms with van der Waals surface area (Å²) in [7, 11) is 0. The second-order valence-corrected chi connectivity index (χ2v) is 3.21. The normalized spacial score (nSPS) is 26.1. The molecule has 0 aromatic carbocycles. The number of hydrogen-bond donors (Lipinski definition) is 2.